The highest BCUT2D eigenvalue weighted by atomic mass is 16.5. The Kier molecular flexibility index (Phi) is 6.12. The van der Waals surface area contributed by atoms with E-state index >= 15 is 0 Å². The fraction of sp³-hybridized carbons (Fsp3) is 0.115. The van der Waals surface area contributed by atoms with Gasteiger partial charge in [0.15, 0.2) is 6.61 Å². The van der Waals surface area contributed by atoms with Crippen LogP contribution in [0, 0.1) is 13.8 Å². The lowest BCUT2D eigenvalue weighted by Gasteiger charge is -2.11. The van der Waals surface area contributed by atoms with Crippen LogP contribution in [0.5, 0.6) is 0 Å². The predicted octanol–water partition coefficient (Wildman–Crippen LogP) is 4.95. The van der Waals surface area contributed by atoms with Crippen LogP contribution in [0.1, 0.15) is 21.5 Å². The molecular formula is C26H23N3O3. The summed E-state index contributed by atoms with van der Waals surface area (Å²) in [6.07, 6.45) is 1.63. The molecular weight excluding hydrogens is 402 g/mol. The van der Waals surface area contributed by atoms with Gasteiger partial charge < -0.3 is 10.1 Å². The summed E-state index contributed by atoms with van der Waals surface area (Å²) >= 11 is 0. The number of nitrogens with zero attached hydrogens (tertiary/aromatic N) is 2. The van der Waals surface area contributed by atoms with Crippen LogP contribution in [0.4, 0.5) is 5.69 Å². The molecule has 4 aromatic rings. The van der Waals surface area contributed by atoms with Gasteiger partial charge in [0.2, 0.25) is 0 Å². The minimum absolute atomic E-state index is 0.292. The van der Waals surface area contributed by atoms with Gasteiger partial charge in [0.05, 0.1) is 5.69 Å². The van der Waals surface area contributed by atoms with Gasteiger partial charge in [0.25, 0.3) is 5.91 Å². The van der Waals surface area contributed by atoms with Gasteiger partial charge in [-0.1, -0.05) is 66.7 Å². The zero-order chi connectivity index (χ0) is 22.5. The van der Waals surface area contributed by atoms with Crippen LogP contribution in [0.15, 0.2) is 85.1 Å². The Bertz CT molecular complexity index is 1230. The lowest BCUT2D eigenvalue weighted by molar-refractivity contribution is -0.119. The molecule has 0 radical (unpaired) electrons. The van der Waals surface area contributed by atoms with Crippen molar-refractivity contribution in [2.45, 2.75) is 13.8 Å². The number of rotatable bonds is 6. The summed E-state index contributed by atoms with van der Waals surface area (Å²) in [5, 5.41) is 7.43. The first kappa shape index (κ1) is 21.1. The molecule has 0 aliphatic carbocycles. The minimum Gasteiger partial charge on any atom is -0.452 e. The van der Waals surface area contributed by atoms with E-state index in [0.717, 1.165) is 28.1 Å². The largest absolute Gasteiger partial charge is 0.452 e. The first-order valence-electron chi connectivity index (χ1n) is 10.3. The number of ether oxygens (including phenoxy) is 1. The molecule has 0 spiro atoms. The van der Waals surface area contributed by atoms with Crippen LogP contribution < -0.4 is 5.32 Å². The predicted molar refractivity (Wildman–Crippen MR) is 124 cm³/mol. The van der Waals surface area contributed by atoms with Crippen molar-refractivity contribution < 1.29 is 14.3 Å². The number of hydrogen-bond donors (Lipinski definition) is 1. The van der Waals surface area contributed by atoms with Crippen LogP contribution >= 0.6 is 0 Å². The Labute approximate surface area is 186 Å². The minimum atomic E-state index is -0.609. The number of benzene rings is 3. The molecule has 0 saturated heterocycles. The number of carbonyl (C=O) groups excluding carboxylic acids is 2. The van der Waals surface area contributed by atoms with E-state index in [1.165, 1.54) is 0 Å². The normalized spacial score (nSPS) is 10.6. The third-order valence-electron chi connectivity index (χ3n) is 5.08. The number of aromatic nitrogens is 2. The maximum atomic E-state index is 12.9. The van der Waals surface area contributed by atoms with E-state index in [2.05, 4.69) is 10.4 Å². The first-order chi connectivity index (χ1) is 15.5. The van der Waals surface area contributed by atoms with Crippen molar-refractivity contribution in [1.82, 2.24) is 9.78 Å². The molecule has 1 aromatic heterocycles. The molecule has 0 aliphatic rings. The van der Waals surface area contributed by atoms with Crippen LogP contribution in [-0.2, 0) is 9.53 Å². The molecule has 0 saturated carbocycles. The van der Waals surface area contributed by atoms with Crippen molar-refractivity contribution in [1.29, 1.82) is 0 Å². The third kappa shape index (κ3) is 4.59. The highest BCUT2D eigenvalue weighted by Crippen LogP contribution is 2.24. The summed E-state index contributed by atoms with van der Waals surface area (Å²) in [7, 11) is 0. The van der Waals surface area contributed by atoms with Crippen molar-refractivity contribution >= 4 is 17.6 Å². The summed E-state index contributed by atoms with van der Waals surface area (Å²) < 4.78 is 6.98. The van der Waals surface area contributed by atoms with Crippen molar-refractivity contribution in [2.24, 2.45) is 0 Å². The maximum Gasteiger partial charge on any atom is 0.342 e. The molecule has 1 amide bonds. The maximum absolute atomic E-state index is 12.9. The zero-order valence-electron chi connectivity index (χ0n) is 17.9. The van der Waals surface area contributed by atoms with E-state index in [-0.39, 0.29) is 0 Å². The van der Waals surface area contributed by atoms with Gasteiger partial charge in [-0.2, -0.15) is 5.10 Å². The number of amides is 1. The molecule has 1 heterocycles. The summed E-state index contributed by atoms with van der Waals surface area (Å²) in [5.41, 5.74) is 5.01. The van der Waals surface area contributed by atoms with Crippen molar-refractivity contribution in [3.63, 3.8) is 0 Å². The smallest absolute Gasteiger partial charge is 0.342 e. The number of anilines is 1. The summed E-state index contributed by atoms with van der Waals surface area (Å²) in [4.78, 5) is 25.3. The fourth-order valence-electron chi connectivity index (χ4n) is 3.44. The van der Waals surface area contributed by atoms with Gasteiger partial charge in [-0.05, 0) is 37.1 Å². The van der Waals surface area contributed by atoms with Crippen molar-refractivity contribution in [2.75, 3.05) is 11.9 Å². The Morgan fingerprint density at radius 3 is 2.16 bits per heavy atom. The topological polar surface area (TPSA) is 73.2 Å². The molecule has 0 aliphatic heterocycles. The van der Waals surface area contributed by atoms with E-state index < -0.39 is 18.5 Å². The Hall–Kier alpha value is -4.19. The monoisotopic (exact) mass is 425 g/mol. The lowest BCUT2D eigenvalue weighted by atomic mass is 10.1. The molecule has 6 nitrogen and oxygen atoms in total. The van der Waals surface area contributed by atoms with E-state index in [1.807, 2.05) is 92.7 Å². The molecule has 3 aromatic carbocycles. The van der Waals surface area contributed by atoms with Gasteiger partial charge in [-0.25, -0.2) is 9.48 Å². The number of carbonyl (C=O) groups is 2. The van der Waals surface area contributed by atoms with Gasteiger partial charge in [-0.3, -0.25) is 4.79 Å². The highest BCUT2D eigenvalue weighted by molar-refractivity contribution is 5.99. The average Bonchev–Trinajstić information content (AvgIpc) is 3.27. The second-order valence-electron chi connectivity index (χ2n) is 7.43. The molecule has 32 heavy (non-hydrogen) atoms. The number of esters is 1. The average molecular weight is 425 g/mol. The molecule has 0 unspecified atom stereocenters. The Morgan fingerprint density at radius 2 is 1.50 bits per heavy atom. The molecule has 0 atom stereocenters. The molecule has 160 valence electrons. The van der Waals surface area contributed by atoms with Crippen LogP contribution in [0.2, 0.25) is 0 Å². The summed E-state index contributed by atoms with van der Waals surface area (Å²) in [6, 6.07) is 24.7. The van der Waals surface area contributed by atoms with Gasteiger partial charge >= 0.3 is 5.97 Å². The second-order valence-corrected chi connectivity index (χ2v) is 7.43. The summed E-state index contributed by atoms with van der Waals surface area (Å²) in [6.45, 7) is 3.44. The van der Waals surface area contributed by atoms with Gasteiger partial charge in [-0.15, -0.1) is 0 Å². The van der Waals surface area contributed by atoms with E-state index in [9.17, 15) is 9.59 Å². The Morgan fingerprint density at radius 1 is 0.875 bits per heavy atom. The quantitative estimate of drug-likeness (QED) is 0.444. The Balaban J connectivity index is 1.55. The third-order valence-corrected chi connectivity index (χ3v) is 5.08. The van der Waals surface area contributed by atoms with Gasteiger partial charge in [0.1, 0.15) is 11.3 Å². The van der Waals surface area contributed by atoms with Crippen LogP contribution in [0.3, 0.4) is 0 Å². The van der Waals surface area contributed by atoms with E-state index in [0.29, 0.717) is 11.3 Å². The number of aryl methyl sites for hydroxylation is 2. The molecule has 4 rings (SSSR count). The number of nitrogens with one attached hydrogen (secondary N) is 1. The molecule has 1 N–H and O–H groups in total. The van der Waals surface area contributed by atoms with Crippen LogP contribution in [0.25, 0.3) is 16.9 Å². The van der Waals surface area contributed by atoms with Gasteiger partial charge in [0, 0.05) is 17.4 Å². The fourth-order valence-corrected chi connectivity index (χ4v) is 3.44. The van der Waals surface area contributed by atoms with Crippen molar-refractivity contribution in [3.8, 4) is 16.9 Å². The standard InChI is InChI=1S/C26H23N3O3/c1-18-10-9-11-19(2)24(18)27-23(30)17-32-26(31)22-16-29(21-14-7-4-8-15-21)28-25(22)20-12-5-3-6-13-20/h3-16H,17H2,1-2H3,(H,27,30). The molecule has 0 bridgehead atoms. The lowest BCUT2D eigenvalue weighted by Crippen LogP contribution is -2.22. The highest BCUT2D eigenvalue weighted by Gasteiger charge is 2.21. The number of hydrogen-bond acceptors (Lipinski definition) is 4. The van der Waals surface area contributed by atoms with E-state index in [4.69, 9.17) is 4.74 Å². The van der Waals surface area contributed by atoms with Crippen LogP contribution in [-0.4, -0.2) is 28.3 Å². The summed E-state index contributed by atoms with van der Waals surface area (Å²) in [5.74, 6) is -1.00. The van der Waals surface area contributed by atoms with E-state index in [1.54, 1.807) is 10.9 Å². The SMILES string of the molecule is Cc1cccc(C)c1NC(=O)COC(=O)c1cn(-c2ccccc2)nc1-c1ccccc1. The zero-order valence-corrected chi connectivity index (χ0v) is 17.9. The second kappa shape index (κ2) is 9.31. The van der Waals surface area contributed by atoms with Crippen molar-refractivity contribution in [3.05, 3.63) is 102 Å². The molecule has 0 fully saturated rings. The first-order valence-corrected chi connectivity index (χ1v) is 10.3. The number of para-hydroxylation sites is 2. The molecule has 6 heteroatoms.